The molecule has 136 valence electrons. The molecule has 10 heteroatoms. The number of hydrogen-bond donors (Lipinski definition) is 1. The van der Waals surface area contributed by atoms with Gasteiger partial charge in [-0.2, -0.15) is 0 Å². The van der Waals surface area contributed by atoms with Gasteiger partial charge in [-0.05, 0) is 24.3 Å². The first-order valence-corrected chi connectivity index (χ1v) is 7.79. The maximum Gasteiger partial charge on any atom is 0.333 e. The van der Waals surface area contributed by atoms with Crippen LogP contribution in [0.2, 0.25) is 0 Å². The lowest BCUT2D eigenvalue weighted by Crippen LogP contribution is -2.42. The van der Waals surface area contributed by atoms with Crippen LogP contribution in [0, 0.1) is 5.82 Å². The molecule has 0 bridgehead atoms. The summed E-state index contributed by atoms with van der Waals surface area (Å²) in [5.41, 5.74) is -0.934. The first kappa shape index (κ1) is 16.6. The van der Waals surface area contributed by atoms with Crippen LogP contribution in [-0.4, -0.2) is 30.2 Å². The van der Waals surface area contributed by atoms with E-state index in [9.17, 15) is 18.8 Å². The lowest BCUT2D eigenvalue weighted by molar-refractivity contribution is -0.137. The van der Waals surface area contributed by atoms with E-state index in [1.165, 1.54) is 36.5 Å². The minimum absolute atomic E-state index is 0.0718. The maximum absolute atomic E-state index is 13.3. The van der Waals surface area contributed by atoms with Crippen molar-refractivity contribution in [2.24, 2.45) is 0 Å². The SMILES string of the molecule is O=C(O)Cn1c(=O)c2cccnc2n(Cc2nc3cc(F)ccc3o2)c1=O. The van der Waals surface area contributed by atoms with Crippen LogP contribution < -0.4 is 11.2 Å². The highest BCUT2D eigenvalue weighted by Crippen LogP contribution is 2.17. The van der Waals surface area contributed by atoms with Crippen molar-refractivity contribution in [3.05, 3.63) is 69.1 Å². The van der Waals surface area contributed by atoms with Crippen molar-refractivity contribution in [3.63, 3.8) is 0 Å². The number of aromatic nitrogens is 4. The van der Waals surface area contributed by atoms with Crippen LogP contribution in [0.1, 0.15) is 5.89 Å². The summed E-state index contributed by atoms with van der Waals surface area (Å²) in [6.07, 6.45) is 1.40. The fourth-order valence-corrected chi connectivity index (χ4v) is 2.82. The third-order valence-electron chi connectivity index (χ3n) is 3.96. The molecule has 3 heterocycles. The molecule has 1 N–H and O–H groups in total. The summed E-state index contributed by atoms with van der Waals surface area (Å²) in [4.78, 5) is 44.4. The highest BCUT2D eigenvalue weighted by molar-refractivity contribution is 5.75. The summed E-state index contributed by atoms with van der Waals surface area (Å²) >= 11 is 0. The second-order valence-corrected chi connectivity index (χ2v) is 5.75. The van der Waals surface area contributed by atoms with E-state index in [0.717, 1.165) is 4.57 Å². The molecular weight excluding hydrogens is 359 g/mol. The number of oxazole rings is 1. The van der Waals surface area contributed by atoms with E-state index >= 15 is 0 Å². The van der Waals surface area contributed by atoms with E-state index in [0.29, 0.717) is 10.2 Å². The van der Waals surface area contributed by atoms with Gasteiger partial charge in [0.25, 0.3) is 5.56 Å². The van der Waals surface area contributed by atoms with Gasteiger partial charge in [-0.15, -0.1) is 0 Å². The number of carboxylic acids is 1. The molecule has 3 aromatic heterocycles. The molecule has 1 aromatic carbocycles. The summed E-state index contributed by atoms with van der Waals surface area (Å²) in [5.74, 6) is -1.73. The number of carboxylic acid groups (broad SMARTS) is 1. The Kier molecular flexibility index (Phi) is 3.80. The monoisotopic (exact) mass is 370 g/mol. The number of fused-ring (bicyclic) bond motifs is 2. The number of hydrogen-bond acceptors (Lipinski definition) is 6. The van der Waals surface area contributed by atoms with Gasteiger partial charge in [0.15, 0.2) is 5.58 Å². The van der Waals surface area contributed by atoms with Crippen LogP contribution in [0.4, 0.5) is 4.39 Å². The van der Waals surface area contributed by atoms with E-state index < -0.39 is 29.6 Å². The van der Waals surface area contributed by atoms with Gasteiger partial charge in [0, 0.05) is 12.3 Å². The summed E-state index contributed by atoms with van der Waals surface area (Å²) < 4.78 is 20.5. The summed E-state index contributed by atoms with van der Waals surface area (Å²) in [6.45, 7) is -0.996. The van der Waals surface area contributed by atoms with Crippen LogP contribution in [0.3, 0.4) is 0 Å². The minimum atomic E-state index is -1.33. The van der Waals surface area contributed by atoms with Gasteiger partial charge in [-0.25, -0.2) is 23.7 Å². The van der Waals surface area contributed by atoms with Crippen molar-refractivity contribution >= 4 is 28.1 Å². The molecule has 0 unspecified atom stereocenters. The highest BCUT2D eigenvalue weighted by atomic mass is 19.1. The second kappa shape index (κ2) is 6.16. The van der Waals surface area contributed by atoms with Gasteiger partial charge in [0.1, 0.15) is 30.1 Å². The fourth-order valence-electron chi connectivity index (χ4n) is 2.82. The average Bonchev–Trinajstić information content (AvgIpc) is 3.03. The molecule has 27 heavy (non-hydrogen) atoms. The molecule has 0 aliphatic carbocycles. The van der Waals surface area contributed by atoms with Gasteiger partial charge in [0.05, 0.1) is 5.39 Å². The van der Waals surface area contributed by atoms with Crippen molar-refractivity contribution in [2.45, 2.75) is 13.1 Å². The number of aliphatic carboxylic acids is 1. The van der Waals surface area contributed by atoms with Crippen LogP contribution in [0.15, 0.2) is 50.5 Å². The molecule has 0 atom stereocenters. The maximum atomic E-state index is 13.3. The van der Waals surface area contributed by atoms with Crippen LogP contribution in [-0.2, 0) is 17.9 Å². The average molecular weight is 370 g/mol. The second-order valence-electron chi connectivity index (χ2n) is 5.75. The number of rotatable bonds is 4. The third-order valence-corrected chi connectivity index (χ3v) is 3.96. The Balaban J connectivity index is 1.92. The molecule has 0 saturated carbocycles. The Labute approximate surface area is 148 Å². The van der Waals surface area contributed by atoms with Gasteiger partial charge in [-0.3, -0.25) is 14.2 Å². The zero-order valence-electron chi connectivity index (χ0n) is 13.6. The number of pyridine rings is 1. The van der Waals surface area contributed by atoms with E-state index in [-0.39, 0.29) is 29.0 Å². The van der Waals surface area contributed by atoms with Gasteiger partial charge >= 0.3 is 11.7 Å². The molecule has 4 aromatic rings. The van der Waals surface area contributed by atoms with Gasteiger partial charge < -0.3 is 9.52 Å². The predicted molar refractivity (Wildman–Crippen MR) is 91.0 cm³/mol. The zero-order chi connectivity index (χ0) is 19.1. The molecular formula is C17H11FN4O5. The zero-order valence-corrected chi connectivity index (χ0v) is 13.6. The van der Waals surface area contributed by atoms with Crippen molar-refractivity contribution in [1.82, 2.24) is 19.1 Å². The largest absolute Gasteiger partial charge is 0.480 e. The fraction of sp³-hybridized carbons (Fsp3) is 0.118. The molecule has 0 radical (unpaired) electrons. The Morgan fingerprint density at radius 2 is 2.04 bits per heavy atom. The standard InChI is InChI=1S/C17H11FN4O5/c18-9-3-4-12-11(6-9)20-13(27-12)7-21-15-10(2-1-5-19-15)16(25)22(17(21)26)8-14(23)24/h1-6H,7-8H2,(H,23,24). The third kappa shape index (κ3) is 2.86. The lowest BCUT2D eigenvalue weighted by Gasteiger charge is -2.10. The van der Waals surface area contributed by atoms with Crippen LogP contribution >= 0.6 is 0 Å². The number of benzene rings is 1. The van der Waals surface area contributed by atoms with Gasteiger partial charge in [0.2, 0.25) is 5.89 Å². The Morgan fingerprint density at radius 1 is 1.22 bits per heavy atom. The Bertz CT molecular complexity index is 1320. The molecule has 0 spiro atoms. The number of carbonyl (C=O) groups is 1. The summed E-state index contributed by atoms with van der Waals surface area (Å²) in [5, 5.41) is 9.08. The predicted octanol–water partition coefficient (Wildman–Crippen LogP) is 0.971. The molecule has 0 saturated heterocycles. The van der Waals surface area contributed by atoms with Crippen LogP contribution in [0.25, 0.3) is 22.1 Å². The Morgan fingerprint density at radius 3 is 2.81 bits per heavy atom. The van der Waals surface area contributed by atoms with E-state index in [2.05, 4.69) is 9.97 Å². The quantitative estimate of drug-likeness (QED) is 0.568. The van der Waals surface area contributed by atoms with Crippen molar-refractivity contribution < 1.29 is 18.7 Å². The van der Waals surface area contributed by atoms with E-state index in [4.69, 9.17) is 9.52 Å². The molecule has 0 fully saturated rings. The smallest absolute Gasteiger partial charge is 0.333 e. The topological polar surface area (TPSA) is 120 Å². The molecule has 0 amide bonds. The lowest BCUT2D eigenvalue weighted by atomic mass is 10.3. The molecule has 0 aliphatic heterocycles. The van der Waals surface area contributed by atoms with E-state index in [1.807, 2.05) is 0 Å². The first-order chi connectivity index (χ1) is 12.9. The first-order valence-electron chi connectivity index (χ1n) is 7.79. The van der Waals surface area contributed by atoms with Crippen molar-refractivity contribution in [2.75, 3.05) is 0 Å². The number of halogens is 1. The number of nitrogens with zero attached hydrogens (tertiary/aromatic N) is 4. The van der Waals surface area contributed by atoms with E-state index in [1.54, 1.807) is 0 Å². The van der Waals surface area contributed by atoms with Gasteiger partial charge in [-0.1, -0.05) is 0 Å². The Hall–Kier alpha value is -3.82. The van der Waals surface area contributed by atoms with Crippen molar-refractivity contribution in [1.29, 1.82) is 0 Å². The molecule has 4 rings (SSSR count). The minimum Gasteiger partial charge on any atom is -0.480 e. The molecule has 9 nitrogen and oxygen atoms in total. The van der Waals surface area contributed by atoms with Crippen molar-refractivity contribution in [3.8, 4) is 0 Å². The van der Waals surface area contributed by atoms with Crippen LogP contribution in [0.5, 0.6) is 0 Å². The normalized spacial score (nSPS) is 11.3. The summed E-state index contributed by atoms with van der Waals surface area (Å²) in [6, 6.07) is 6.76. The summed E-state index contributed by atoms with van der Waals surface area (Å²) in [7, 11) is 0. The highest BCUT2D eigenvalue weighted by Gasteiger charge is 2.18. The molecule has 0 aliphatic rings.